The van der Waals surface area contributed by atoms with Gasteiger partial charge in [-0.1, -0.05) is 44.2 Å². The lowest BCUT2D eigenvalue weighted by molar-refractivity contribution is -0.150. The number of benzene rings is 1. The van der Waals surface area contributed by atoms with E-state index in [0.29, 0.717) is 10.6 Å². The van der Waals surface area contributed by atoms with Gasteiger partial charge in [-0.15, -0.1) is 11.3 Å². The molecule has 1 heterocycles. The Morgan fingerprint density at radius 3 is 2.42 bits per heavy atom. The normalized spacial score (nSPS) is 10.5. The van der Waals surface area contributed by atoms with Crippen molar-refractivity contribution >= 4 is 34.9 Å². The van der Waals surface area contributed by atoms with Crippen LogP contribution in [0.4, 0.5) is 5.69 Å². The standard InChI is InChI=1S/C19H21NO5S/c1-4-24-19(23)17-14(20-16(21)11-25-18(22)12(2)3)10-15(26-17)13-8-6-5-7-9-13/h5-10,12H,4,11H2,1-3H3,(H,20,21). The molecule has 1 N–H and O–H groups in total. The molecule has 138 valence electrons. The van der Waals surface area contributed by atoms with Gasteiger partial charge in [0.1, 0.15) is 4.88 Å². The summed E-state index contributed by atoms with van der Waals surface area (Å²) in [6.45, 7) is 4.91. The van der Waals surface area contributed by atoms with E-state index in [1.54, 1.807) is 26.8 Å². The Morgan fingerprint density at radius 2 is 1.81 bits per heavy atom. The monoisotopic (exact) mass is 375 g/mol. The molecule has 0 unspecified atom stereocenters. The minimum atomic E-state index is -0.512. The minimum absolute atomic E-state index is 0.233. The van der Waals surface area contributed by atoms with E-state index in [-0.39, 0.29) is 12.5 Å². The van der Waals surface area contributed by atoms with Gasteiger partial charge in [0.25, 0.3) is 5.91 Å². The zero-order valence-corrected chi connectivity index (χ0v) is 15.7. The van der Waals surface area contributed by atoms with Gasteiger partial charge in [0.2, 0.25) is 0 Å². The van der Waals surface area contributed by atoms with Crippen LogP contribution in [-0.4, -0.2) is 31.1 Å². The highest BCUT2D eigenvalue weighted by Gasteiger charge is 2.20. The van der Waals surface area contributed by atoms with Gasteiger partial charge in [-0.3, -0.25) is 9.59 Å². The molecule has 0 saturated heterocycles. The van der Waals surface area contributed by atoms with Gasteiger partial charge in [0.15, 0.2) is 6.61 Å². The number of hydrogen-bond acceptors (Lipinski definition) is 6. The van der Waals surface area contributed by atoms with E-state index in [0.717, 1.165) is 10.4 Å². The summed E-state index contributed by atoms with van der Waals surface area (Å²) in [5.41, 5.74) is 1.27. The summed E-state index contributed by atoms with van der Waals surface area (Å²) >= 11 is 1.23. The van der Waals surface area contributed by atoms with Crippen LogP contribution in [0.2, 0.25) is 0 Å². The van der Waals surface area contributed by atoms with E-state index in [2.05, 4.69) is 5.32 Å². The predicted octanol–water partition coefficient (Wildman–Crippen LogP) is 3.73. The molecular formula is C19H21NO5S. The first-order valence-electron chi connectivity index (χ1n) is 8.25. The summed E-state index contributed by atoms with van der Waals surface area (Å²) in [5.74, 6) is -1.79. The molecule has 1 aromatic carbocycles. The Morgan fingerprint density at radius 1 is 1.12 bits per heavy atom. The maximum Gasteiger partial charge on any atom is 0.350 e. The van der Waals surface area contributed by atoms with E-state index in [1.165, 1.54) is 11.3 Å². The highest BCUT2D eigenvalue weighted by molar-refractivity contribution is 7.18. The molecule has 1 aromatic heterocycles. The molecule has 0 aliphatic rings. The number of anilines is 1. The number of esters is 2. The second-order valence-corrected chi connectivity index (χ2v) is 6.80. The number of hydrogen-bond donors (Lipinski definition) is 1. The first-order valence-corrected chi connectivity index (χ1v) is 9.06. The number of ether oxygens (including phenoxy) is 2. The fourth-order valence-corrected chi connectivity index (χ4v) is 3.08. The molecule has 6 nitrogen and oxygen atoms in total. The third kappa shape index (κ3) is 5.16. The molecule has 0 aliphatic heterocycles. The third-order valence-corrected chi connectivity index (χ3v) is 4.51. The first kappa shape index (κ1) is 19.7. The van der Waals surface area contributed by atoms with Crippen molar-refractivity contribution in [3.05, 3.63) is 41.3 Å². The molecule has 0 bridgehead atoms. The molecule has 26 heavy (non-hydrogen) atoms. The maximum atomic E-state index is 12.2. The minimum Gasteiger partial charge on any atom is -0.462 e. The average Bonchev–Trinajstić information content (AvgIpc) is 3.04. The number of carbonyl (C=O) groups excluding carboxylic acids is 3. The van der Waals surface area contributed by atoms with Gasteiger partial charge in [0, 0.05) is 4.88 Å². The molecule has 0 fully saturated rings. The van der Waals surface area contributed by atoms with Crippen LogP contribution in [0, 0.1) is 5.92 Å². The number of carbonyl (C=O) groups is 3. The lowest BCUT2D eigenvalue weighted by atomic mass is 10.2. The Kier molecular flexibility index (Phi) is 6.91. The van der Waals surface area contributed by atoms with Gasteiger partial charge in [0.05, 0.1) is 18.2 Å². The van der Waals surface area contributed by atoms with Crippen LogP contribution in [0.5, 0.6) is 0 Å². The topological polar surface area (TPSA) is 81.7 Å². The van der Waals surface area contributed by atoms with Crippen LogP contribution in [0.3, 0.4) is 0 Å². The van der Waals surface area contributed by atoms with Crippen LogP contribution in [0.15, 0.2) is 36.4 Å². The fraction of sp³-hybridized carbons (Fsp3) is 0.316. The smallest absolute Gasteiger partial charge is 0.350 e. The average molecular weight is 375 g/mol. The van der Waals surface area contributed by atoms with Crippen molar-refractivity contribution in [2.24, 2.45) is 5.92 Å². The molecule has 0 spiro atoms. The predicted molar refractivity (Wildman–Crippen MR) is 100 cm³/mol. The van der Waals surface area contributed by atoms with Crippen molar-refractivity contribution in [2.45, 2.75) is 20.8 Å². The van der Waals surface area contributed by atoms with Gasteiger partial charge in [-0.2, -0.15) is 0 Å². The zero-order chi connectivity index (χ0) is 19.1. The highest BCUT2D eigenvalue weighted by atomic mass is 32.1. The van der Waals surface area contributed by atoms with Crippen molar-refractivity contribution in [3.8, 4) is 10.4 Å². The molecule has 2 rings (SSSR count). The van der Waals surface area contributed by atoms with E-state index in [4.69, 9.17) is 9.47 Å². The SMILES string of the molecule is CCOC(=O)c1sc(-c2ccccc2)cc1NC(=O)COC(=O)C(C)C. The van der Waals surface area contributed by atoms with Crippen molar-refractivity contribution in [3.63, 3.8) is 0 Å². The van der Waals surface area contributed by atoms with Crippen LogP contribution >= 0.6 is 11.3 Å². The largest absolute Gasteiger partial charge is 0.462 e. The van der Waals surface area contributed by atoms with E-state index in [9.17, 15) is 14.4 Å². The Labute approximate surface area is 156 Å². The summed E-state index contributed by atoms with van der Waals surface area (Å²) in [6.07, 6.45) is 0. The summed E-state index contributed by atoms with van der Waals surface area (Å²) in [7, 11) is 0. The Hall–Kier alpha value is -2.67. The molecule has 0 saturated carbocycles. The van der Waals surface area contributed by atoms with E-state index < -0.39 is 24.5 Å². The summed E-state index contributed by atoms with van der Waals surface area (Å²) < 4.78 is 9.98. The van der Waals surface area contributed by atoms with Gasteiger partial charge in [-0.25, -0.2) is 4.79 Å². The highest BCUT2D eigenvalue weighted by Crippen LogP contribution is 2.35. The van der Waals surface area contributed by atoms with Crippen molar-refractivity contribution in [1.82, 2.24) is 0 Å². The zero-order valence-electron chi connectivity index (χ0n) is 14.9. The van der Waals surface area contributed by atoms with E-state index >= 15 is 0 Å². The van der Waals surface area contributed by atoms with E-state index in [1.807, 2.05) is 30.3 Å². The van der Waals surface area contributed by atoms with Crippen molar-refractivity contribution < 1.29 is 23.9 Å². The van der Waals surface area contributed by atoms with Crippen LogP contribution in [-0.2, 0) is 19.1 Å². The van der Waals surface area contributed by atoms with Gasteiger partial charge >= 0.3 is 11.9 Å². The lowest BCUT2D eigenvalue weighted by Gasteiger charge is -2.08. The van der Waals surface area contributed by atoms with Crippen molar-refractivity contribution in [2.75, 3.05) is 18.5 Å². The number of nitrogens with one attached hydrogen (secondary N) is 1. The first-order chi connectivity index (χ1) is 12.4. The lowest BCUT2D eigenvalue weighted by Crippen LogP contribution is -2.23. The second kappa shape index (κ2) is 9.15. The third-order valence-electron chi connectivity index (χ3n) is 3.34. The van der Waals surface area contributed by atoms with Crippen LogP contribution in [0.1, 0.15) is 30.4 Å². The molecule has 1 amide bonds. The molecule has 0 aliphatic carbocycles. The number of amides is 1. The molecule has 2 aromatic rings. The quantitative estimate of drug-likeness (QED) is 0.746. The van der Waals surface area contributed by atoms with Gasteiger partial charge < -0.3 is 14.8 Å². The Balaban J connectivity index is 2.19. The molecule has 0 radical (unpaired) electrons. The van der Waals surface area contributed by atoms with Crippen molar-refractivity contribution in [1.29, 1.82) is 0 Å². The maximum absolute atomic E-state index is 12.2. The molecular weight excluding hydrogens is 354 g/mol. The summed E-state index contributed by atoms with van der Waals surface area (Å²) in [4.78, 5) is 36.9. The number of thiophene rings is 1. The fourth-order valence-electron chi connectivity index (χ4n) is 2.07. The second-order valence-electron chi connectivity index (χ2n) is 5.75. The van der Waals surface area contributed by atoms with Crippen LogP contribution < -0.4 is 5.32 Å². The van der Waals surface area contributed by atoms with Gasteiger partial charge in [-0.05, 0) is 18.6 Å². The summed E-state index contributed by atoms with van der Waals surface area (Å²) in [6, 6.07) is 11.2. The van der Waals surface area contributed by atoms with Crippen LogP contribution in [0.25, 0.3) is 10.4 Å². The Bertz CT molecular complexity index is 782. The number of rotatable bonds is 7. The molecule has 0 atom stereocenters. The molecule has 7 heteroatoms. The summed E-state index contributed by atoms with van der Waals surface area (Å²) in [5, 5.41) is 2.63.